The fourth-order valence-electron chi connectivity index (χ4n) is 2.88. The number of amides is 1. The van der Waals surface area contributed by atoms with Crippen molar-refractivity contribution in [3.8, 4) is 6.07 Å². The third-order valence-corrected chi connectivity index (χ3v) is 3.90. The van der Waals surface area contributed by atoms with Gasteiger partial charge in [0.2, 0.25) is 0 Å². The van der Waals surface area contributed by atoms with Crippen molar-refractivity contribution in [2.75, 3.05) is 6.54 Å². The Bertz CT molecular complexity index is 543. The van der Waals surface area contributed by atoms with Crippen LogP contribution in [-0.2, 0) is 4.74 Å². The number of piperidine rings is 1. The summed E-state index contributed by atoms with van der Waals surface area (Å²) in [6, 6.07) is 12.3. The number of ether oxygens (including phenoxy) is 1. The van der Waals surface area contributed by atoms with Gasteiger partial charge in [-0.25, -0.2) is 4.79 Å². The molecule has 1 amide bonds. The molecule has 132 valence electrons. The summed E-state index contributed by atoms with van der Waals surface area (Å²) in [5.41, 5.74) is 0.609. The van der Waals surface area contributed by atoms with Crippen molar-refractivity contribution in [3.63, 3.8) is 0 Å². The zero-order valence-electron chi connectivity index (χ0n) is 15.6. The van der Waals surface area contributed by atoms with E-state index in [1.54, 1.807) is 0 Å². The summed E-state index contributed by atoms with van der Waals surface area (Å²) in [4.78, 5) is 14.3. The van der Waals surface area contributed by atoms with Crippen LogP contribution in [0.4, 0.5) is 4.79 Å². The van der Waals surface area contributed by atoms with E-state index in [9.17, 15) is 4.79 Å². The zero-order valence-corrected chi connectivity index (χ0v) is 15.6. The number of hydrogen-bond donors (Lipinski definition) is 0. The molecular weight excluding hydrogens is 300 g/mol. The molecule has 2 atom stereocenters. The lowest BCUT2D eigenvalue weighted by Crippen LogP contribution is -2.43. The Hall–Kier alpha value is -2.02. The minimum atomic E-state index is -0.498. The van der Waals surface area contributed by atoms with Crippen LogP contribution in [0, 0.1) is 17.2 Å². The molecule has 2 rings (SSSR count). The van der Waals surface area contributed by atoms with Crippen molar-refractivity contribution >= 4 is 6.09 Å². The molecule has 0 aromatic heterocycles. The molecule has 0 bridgehead atoms. The van der Waals surface area contributed by atoms with E-state index in [2.05, 4.69) is 6.07 Å². The topological polar surface area (TPSA) is 53.3 Å². The van der Waals surface area contributed by atoms with Crippen LogP contribution in [0.15, 0.2) is 30.3 Å². The fourth-order valence-corrected chi connectivity index (χ4v) is 2.88. The first-order chi connectivity index (χ1) is 11.4. The molecule has 1 fully saturated rings. The molecule has 0 saturated carbocycles. The van der Waals surface area contributed by atoms with Crippen molar-refractivity contribution in [2.45, 2.75) is 65.5 Å². The molecule has 1 heterocycles. The van der Waals surface area contributed by atoms with E-state index in [1.807, 2.05) is 69.9 Å². The maximum Gasteiger partial charge on any atom is 0.410 e. The summed E-state index contributed by atoms with van der Waals surface area (Å²) < 4.78 is 5.55. The first kappa shape index (κ1) is 20.0. The summed E-state index contributed by atoms with van der Waals surface area (Å²) in [6.07, 6.45) is 1.95. The number of carbonyl (C=O) groups is 1. The highest BCUT2D eigenvalue weighted by atomic mass is 16.6. The summed E-state index contributed by atoms with van der Waals surface area (Å²) in [7, 11) is 0. The van der Waals surface area contributed by atoms with Gasteiger partial charge < -0.3 is 9.64 Å². The molecular formula is C20H30N2O2. The van der Waals surface area contributed by atoms with E-state index in [1.165, 1.54) is 0 Å². The van der Waals surface area contributed by atoms with Gasteiger partial charge in [0.15, 0.2) is 0 Å². The Balaban J connectivity index is 0.00000139. The fraction of sp³-hybridized carbons (Fsp3) is 0.600. The van der Waals surface area contributed by atoms with E-state index < -0.39 is 5.60 Å². The highest BCUT2D eigenvalue weighted by molar-refractivity contribution is 5.69. The molecule has 4 heteroatoms. The zero-order chi connectivity index (χ0) is 18.2. The number of hydrogen-bond acceptors (Lipinski definition) is 3. The predicted octanol–water partition coefficient (Wildman–Crippen LogP) is 5.31. The highest BCUT2D eigenvalue weighted by Crippen LogP contribution is 2.36. The quantitative estimate of drug-likeness (QED) is 0.738. The maximum absolute atomic E-state index is 12.5. The molecule has 2 unspecified atom stereocenters. The van der Waals surface area contributed by atoms with Gasteiger partial charge in [0.05, 0.1) is 12.1 Å². The third-order valence-electron chi connectivity index (χ3n) is 3.90. The average molecular weight is 330 g/mol. The Morgan fingerprint density at radius 3 is 2.46 bits per heavy atom. The number of carbonyl (C=O) groups excluding carboxylic acids is 1. The van der Waals surface area contributed by atoms with E-state index in [0.29, 0.717) is 18.9 Å². The van der Waals surface area contributed by atoms with Crippen LogP contribution in [-0.4, -0.2) is 23.1 Å². The van der Waals surface area contributed by atoms with Crippen LogP contribution >= 0.6 is 0 Å². The monoisotopic (exact) mass is 330 g/mol. The summed E-state index contributed by atoms with van der Waals surface area (Å²) in [5.74, 6) is 0.342. The lowest BCUT2D eigenvalue weighted by atomic mass is 9.86. The molecule has 1 aromatic rings. The SMILES string of the molecule is CC.CC(C)(C)OC(=O)N1CCC(CC#N)CC1c1ccccc1. The molecule has 0 radical (unpaired) electrons. The smallest absolute Gasteiger partial charge is 0.410 e. The van der Waals surface area contributed by atoms with Gasteiger partial charge >= 0.3 is 6.09 Å². The standard InChI is InChI=1S/C18H24N2O2.C2H6/c1-18(2,3)22-17(21)20-12-10-14(9-11-19)13-16(20)15-7-5-4-6-8-15;1-2/h4-8,14,16H,9-10,12-13H2,1-3H3;1-2H3. The number of nitrogens with zero attached hydrogens (tertiary/aromatic N) is 2. The van der Waals surface area contributed by atoms with Gasteiger partial charge in [-0.15, -0.1) is 0 Å². The normalized spacial score (nSPS) is 20.4. The maximum atomic E-state index is 12.5. The average Bonchev–Trinajstić information content (AvgIpc) is 2.56. The first-order valence-corrected chi connectivity index (χ1v) is 8.82. The van der Waals surface area contributed by atoms with Gasteiger partial charge in [-0.2, -0.15) is 5.26 Å². The Morgan fingerprint density at radius 2 is 1.92 bits per heavy atom. The van der Waals surface area contributed by atoms with Crippen molar-refractivity contribution in [3.05, 3.63) is 35.9 Å². The predicted molar refractivity (Wildman–Crippen MR) is 96.4 cm³/mol. The Morgan fingerprint density at radius 1 is 1.29 bits per heavy atom. The summed E-state index contributed by atoms with van der Waals surface area (Å²) in [5, 5.41) is 8.95. The molecule has 1 aromatic carbocycles. The van der Waals surface area contributed by atoms with Crippen molar-refractivity contribution in [1.82, 2.24) is 4.90 Å². The van der Waals surface area contributed by atoms with E-state index >= 15 is 0 Å². The van der Waals surface area contributed by atoms with Gasteiger partial charge in [0, 0.05) is 13.0 Å². The molecule has 0 aliphatic carbocycles. The molecule has 0 spiro atoms. The minimum absolute atomic E-state index is 0.0110. The summed E-state index contributed by atoms with van der Waals surface area (Å²) in [6.45, 7) is 10.3. The van der Waals surface area contributed by atoms with Crippen molar-refractivity contribution < 1.29 is 9.53 Å². The third kappa shape index (κ3) is 5.88. The Labute approximate surface area is 146 Å². The van der Waals surface area contributed by atoms with Gasteiger partial charge in [0.1, 0.15) is 5.60 Å². The largest absolute Gasteiger partial charge is 0.444 e. The van der Waals surface area contributed by atoms with Crippen LogP contribution < -0.4 is 0 Å². The second-order valence-corrected chi connectivity index (χ2v) is 6.85. The number of benzene rings is 1. The lowest BCUT2D eigenvalue weighted by Gasteiger charge is -2.39. The van der Waals surface area contributed by atoms with E-state index in [-0.39, 0.29) is 12.1 Å². The second kappa shape index (κ2) is 9.32. The van der Waals surface area contributed by atoms with Gasteiger partial charge in [-0.05, 0) is 45.1 Å². The van der Waals surface area contributed by atoms with Gasteiger partial charge in [-0.3, -0.25) is 0 Å². The van der Waals surface area contributed by atoms with Crippen LogP contribution in [0.3, 0.4) is 0 Å². The number of rotatable bonds is 2. The lowest BCUT2D eigenvalue weighted by molar-refractivity contribution is 0.00440. The van der Waals surface area contributed by atoms with Crippen LogP contribution in [0.25, 0.3) is 0 Å². The van der Waals surface area contributed by atoms with Gasteiger partial charge in [0.25, 0.3) is 0 Å². The molecule has 0 N–H and O–H groups in total. The van der Waals surface area contributed by atoms with Crippen molar-refractivity contribution in [2.24, 2.45) is 5.92 Å². The van der Waals surface area contributed by atoms with E-state index in [0.717, 1.165) is 18.4 Å². The van der Waals surface area contributed by atoms with Crippen LogP contribution in [0.5, 0.6) is 0 Å². The number of likely N-dealkylation sites (tertiary alicyclic amines) is 1. The molecule has 24 heavy (non-hydrogen) atoms. The van der Waals surface area contributed by atoms with E-state index in [4.69, 9.17) is 10.00 Å². The molecule has 1 aliphatic heterocycles. The number of nitriles is 1. The minimum Gasteiger partial charge on any atom is -0.444 e. The highest BCUT2D eigenvalue weighted by Gasteiger charge is 2.34. The van der Waals surface area contributed by atoms with Crippen molar-refractivity contribution in [1.29, 1.82) is 5.26 Å². The summed E-state index contributed by atoms with van der Waals surface area (Å²) >= 11 is 0. The first-order valence-electron chi connectivity index (χ1n) is 8.82. The molecule has 4 nitrogen and oxygen atoms in total. The van der Waals surface area contributed by atoms with Crippen LogP contribution in [0.1, 0.15) is 65.5 Å². The molecule has 1 aliphatic rings. The molecule has 1 saturated heterocycles. The second-order valence-electron chi connectivity index (χ2n) is 6.85. The Kier molecular flexibility index (Phi) is 7.78. The van der Waals surface area contributed by atoms with Crippen LogP contribution in [0.2, 0.25) is 0 Å². The van der Waals surface area contributed by atoms with Gasteiger partial charge in [-0.1, -0.05) is 44.2 Å².